The minimum absolute atomic E-state index is 0.161. The summed E-state index contributed by atoms with van der Waals surface area (Å²) in [6.45, 7) is 5.43. The lowest BCUT2D eigenvalue weighted by atomic mass is 10.1. The Bertz CT molecular complexity index is 1400. The second-order valence-corrected chi connectivity index (χ2v) is 8.10. The molecular weight excluding hydrogens is 404 g/mol. The number of hydrogen-bond donors (Lipinski definition) is 0. The fourth-order valence-electron chi connectivity index (χ4n) is 4.22. The number of ether oxygens (including phenoxy) is 1. The van der Waals surface area contributed by atoms with E-state index in [1.165, 1.54) is 0 Å². The number of benzene rings is 1. The van der Waals surface area contributed by atoms with Crippen LogP contribution >= 0.6 is 0 Å². The van der Waals surface area contributed by atoms with E-state index in [1.807, 2.05) is 54.8 Å². The van der Waals surface area contributed by atoms with Crippen molar-refractivity contribution in [2.24, 2.45) is 0 Å². The highest BCUT2D eigenvalue weighted by molar-refractivity contribution is 5.97. The highest BCUT2D eigenvalue weighted by Crippen LogP contribution is 2.21. The summed E-state index contributed by atoms with van der Waals surface area (Å²) in [6, 6.07) is 15.3. The predicted octanol–water partition coefficient (Wildman–Crippen LogP) is 3.57. The Morgan fingerprint density at radius 1 is 1.12 bits per heavy atom. The maximum absolute atomic E-state index is 13.2. The van der Waals surface area contributed by atoms with Crippen LogP contribution in [0.5, 0.6) is 5.88 Å². The molecule has 4 aromatic rings. The molecule has 0 bridgehead atoms. The summed E-state index contributed by atoms with van der Waals surface area (Å²) in [6.07, 6.45) is 2.17. The topological polar surface area (TPSA) is 77.3 Å². The van der Waals surface area contributed by atoms with Crippen molar-refractivity contribution in [1.29, 1.82) is 0 Å². The monoisotopic (exact) mass is 428 g/mol. The van der Waals surface area contributed by atoms with Gasteiger partial charge < -0.3 is 14.2 Å². The third-order valence-electron chi connectivity index (χ3n) is 5.92. The number of aryl methyl sites for hydroxylation is 2. The van der Waals surface area contributed by atoms with Gasteiger partial charge in [0, 0.05) is 42.9 Å². The van der Waals surface area contributed by atoms with Gasteiger partial charge >= 0.3 is 0 Å². The fraction of sp³-hybridized carbons (Fsp3) is 0.280. The van der Waals surface area contributed by atoms with Crippen molar-refractivity contribution in [3.63, 3.8) is 0 Å². The van der Waals surface area contributed by atoms with E-state index in [-0.39, 0.29) is 23.0 Å². The van der Waals surface area contributed by atoms with Gasteiger partial charge in [-0.3, -0.25) is 9.59 Å². The Morgan fingerprint density at radius 3 is 2.81 bits per heavy atom. The lowest BCUT2D eigenvalue weighted by Gasteiger charge is -2.18. The van der Waals surface area contributed by atoms with E-state index in [2.05, 4.69) is 9.97 Å². The molecule has 162 valence electrons. The molecule has 0 spiro atoms. The molecule has 7 heteroatoms. The van der Waals surface area contributed by atoms with Crippen molar-refractivity contribution in [1.82, 2.24) is 19.4 Å². The number of pyridine rings is 3. The van der Waals surface area contributed by atoms with Crippen LogP contribution < -0.4 is 10.2 Å². The zero-order valence-corrected chi connectivity index (χ0v) is 18.1. The molecule has 1 aliphatic heterocycles. The van der Waals surface area contributed by atoms with Gasteiger partial charge in [0.2, 0.25) is 11.3 Å². The first kappa shape index (κ1) is 20.2. The molecule has 1 unspecified atom stereocenters. The first-order chi connectivity index (χ1) is 15.5. The van der Waals surface area contributed by atoms with Gasteiger partial charge in [0.1, 0.15) is 17.3 Å². The maximum atomic E-state index is 13.2. The molecule has 1 aromatic carbocycles. The van der Waals surface area contributed by atoms with Gasteiger partial charge in [0.15, 0.2) is 0 Å². The number of para-hydroxylation sites is 1. The zero-order chi connectivity index (χ0) is 22.2. The molecule has 3 aromatic heterocycles. The summed E-state index contributed by atoms with van der Waals surface area (Å²) in [5.74, 6) is 0.278. The standard InChI is InChI=1S/C25H24N4O3/c1-3-28-15-20(23(30)19-10-8-16(2)26-24(19)28)25(31)29-13-12-18(14-29)32-22-11-9-17-6-4-5-7-21(17)27-22/h4-11,15,18H,3,12-14H2,1-2H3. The molecule has 4 heterocycles. The average molecular weight is 428 g/mol. The van der Waals surface area contributed by atoms with Gasteiger partial charge in [-0.25, -0.2) is 9.97 Å². The van der Waals surface area contributed by atoms with E-state index >= 15 is 0 Å². The van der Waals surface area contributed by atoms with E-state index in [4.69, 9.17) is 4.74 Å². The quantitative estimate of drug-likeness (QED) is 0.497. The summed E-state index contributed by atoms with van der Waals surface area (Å²) in [5.41, 5.74) is 2.22. The molecule has 0 N–H and O–H groups in total. The first-order valence-electron chi connectivity index (χ1n) is 10.9. The van der Waals surface area contributed by atoms with E-state index in [1.54, 1.807) is 23.2 Å². The number of nitrogens with zero attached hydrogens (tertiary/aromatic N) is 4. The maximum Gasteiger partial charge on any atom is 0.259 e. The van der Waals surface area contributed by atoms with E-state index in [9.17, 15) is 9.59 Å². The molecule has 1 amide bonds. The lowest BCUT2D eigenvalue weighted by Crippen LogP contribution is -2.34. The minimum Gasteiger partial charge on any atom is -0.472 e. The number of likely N-dealkylation sites (tertiary alicyclic amines) is 1. The number of rotatable bonds is 4. The van der Waals surface area contributed by atoms with Gasteiger partial charge in [-0.15, -0.1) is 0 Å². The van der Waals surface area contributed by atoms with Gasteiger partial charge in [0.05, 0.1) is 17.4 Å². The average Bonchev–Trinajstić information content (AvgIpc) is 3.27. The summed E-state index contributed by atoms with van der Waals surface area (Å²) < 4.78 is 7.92. The van der Waals surface area contributed by atoms with Gasteiger partial charge in [0.25, 0.3) is 5.91 Å². The van der Waals surface area contributed by atoms with Crippen LogP contribution in [0.1, 0.15) is 29.4 Å². The third-order valence-corrected chi connectivity index (χ3v) is 5.92. The highest BCUT2D eigenvalue weighted by atomic mass is 16.5. The fourth-order valence-corrected chi connectivity index (χ4v) is 4.22. The van der Waals surface area contributed by atoms with Crippen LogP contribution in [0.15, 0.2) is 59.5 Å². The normalized spacial score (nSPS) is 16.1. The Balaban J connectivity index is 1.37. The van der Waals surface area contributed by atoms with Crippen LogP contribution in [0.25, 0.3) is 21.9 Å². The van der Waals surface area contributed by atoms with Crippen LogP contribution in [0, 0.1) is 6.92 Å². The molecule has 1 fully saturated rings. The van der Waals surface area contributed by atoms with Gasteiger partial charge in [-0.1, -0.05) is 18.2 Å². The van der Waals surface area contributed by atoms with Crippen LogP contribution in [0.2, 0.25) is 0 Å². The molecule has 0 aliphatic carbocycles. The van der Waals surface area contributed by atoms with Crippen molar-refractivity contribution in [2.45, 2.75) is 32.9 Å². The highest BCUT2D eigenvalue weighted by Gasteiger charge is 2.30. The number of carbonyl (C=O) groups excluding carboxylic acids is 1. The van der Waals surface area contributed by atoms with E-state index in [0.717, 1.165) is 16.6 Å². The summed E-state index contributed by atoms with van der Waals surface area (Å²) in [5, 5.41) is 1.52. The summed E-state index contributed by atoms with van der Waals surface area (Å²) >= 11 is 0. The number of fused-ring (bicyclic) bond motifs is 2. The molecular formula is C25H24N4O3. The predicted molar refractivity (Wildman–Crippen MR) is 123 cm³/mol. The van der Waals surface area contributed by atoms with Gasteiger partial charge in [-0.05, 0) is 38.1 Å². The number of amides is 1. The van der Waals surface area contributed by atoms with Crippen LogP contribution in [-0.2, 0) is 6.54 Å². The third kappa shape index (κ3) is 3.60. The van der Waals surface area contributed by atoms with Gasteiger partial charge in [-0.2, -0.15) is 0 Å². The van der Waals surface area contributed by atoms with E-state index < -0.39 is 0 Å². The Labute approximate surface area is 185 Å². The van der Waals surface area contributed by atoms with Crippen LogP contribution in [0.3, 0.4) is 0 Å². The minimum atomic E-state index is -0.275. The molecule has 5 rings (SSSR count). The SMILES string of the molecule is CCn1cc(C(=O)N2CCC(Oc3ccc4ccccc4n3)C2)c(=O)c2ccc(C)nc21. The molecule has 1 saturated heterocycles. The van der Waals surface area contributed by atoms with Crippen molar-refractivity contribution in [3.05, 3.63) is 76.2 Å². The molecule has 32 heavy (non-hydrogen) atoms. The van der Waals surface area contributed by atoms with Crippen molar-refractivity contribution in [3.8, 4) is 5.88 Å². The number of hydrogen-bond acceptors (Lipinski definition) is 5. The van der Waals surface area contributed by atoms with Crippen molar-refractivity contribution in [2.75, 3.05) is 13.1 Å². The Morgan fingerprint density at radius 2 is 1.97 bits per heavy atom. The Hall–Kier alpha value is -3.74. The van der Waals surface area contributed by atoms with Crippen molar-refractivity contribution < 1.29 is 9.53 Å². The smallest absolute Gasteiger partial charge is 0.259 e. The Kier molecular flexibility index (Phi) is 5.09. The molecule has 0 saturated carbocycles. The summed E-state index contributed by atoms with van der Waals surface area (Å²) in [7, 11) is 0. The first-order valence-corrected chi connectivity index (χ1v) is 10.9. The molecule has 1 aliphatic rings. The second-order valence-electron chi connectivity index (χ2n) is 8.10. The molecule has 7 nitrogen and oxygen atoms in total. The molecule has 0 radical (unpaired) electrons. The number of aromatic nitrogens is 3. The van der Waals surface area contributed by atoms with Crippen molar-refractivity contribution >= 4 is 27.8 Å². The lowest BCUT2D eigenvalue weighted by molar-refractivity contribution is 0.0769. The largest absolute Gasteiger partial charge is 0.472 e. The molecule has 1 atom stereocenters. The van der Waals surface area contributed by atoms with Crippen LogP contribution in [-0.4, -0.2) is 44.5 Å². The number of carbonyl (C=O) groups is 1. The summed E-state index contributed by atoms with van der Waals surface area (Å²) in [4.78, 5) is 37.0. The second kappa shape index (κ2) is 8.07. The van der Waals surface area contributed by atoms with E-state index in [0.29, 0.717) is 43.0 Å². The van der Waals surface area contributed by atoms with Crippen LogP contribution in [0.4, 0.5) is 0 Å². The zero-order valence-electron chi connectivity index (χ0n) is 18.1.